The number of aryl methyl sites for hydroxylation is 1. The van der Waals surface area contributed by atoms with Gasteiger partial charge in [-0.25, -0.2) is 0 Å². The molecule has 0 bridgehead atoms. The molecule has 0 heterocycles. The van der Waals surface area contributed by atoms with E-state index in [1.165, 1.54) is 0 Å². The third-order valence-electron chi connectivity index (χ3n) is 2.92. The molecule has 0 saturated carbocycles. The molecule has 0 amide bonds. The second-order valence-electron chi connectivity index (χ2n) is 4.51. The lowest BCUT2D eigenvalue weighted by molar-refractivity contribution is -0.139. The fourth-order valence-electron chi connectivity index (χ4n) is 1.91. The number of hydrogen-bond donors (Lipinski definition) is 2. The second-order valence-corrected chi connectivity index (χ2v) is 4.51. The van der Waals surface area contributed by atoms with Crippen LogP contribution >= 0.6 is 0 Å². The first-order valence-electron chi connectivity index (χ1n) is 6.29. The topological polar surface area (TPSA) is 52.6 Å². The van der Waals surface area contributed by atoms with E-state index in [0.717, 1.165) is 24.2 Å². The van der Waals surface area contributed by atoms with Crippen molar-refractivity contribution >= 4 is 11.7 Å². The number of rotatable bonds is 7. The molecule has 1 unspecified atom stereocenters. The summed E-state index contributed by atoms with van der Waals surface area (Å²) in [7, 11) is 1.92. The van der Waals surface area contributed by atoms with E-state index < -0.39 is 12.0 Å². The first-order valence-corrected chi connectivity index (χ1v) is 6.29. The maximum absolute atomic E-state index is 11.2. The average molecular weight is 250 g/mol. The van der Waals surface area contributed by atoms with Crippen LogP contribution in [-0.4, -0.2) is 37.3 Å². The fraction of sp³-hybridized carbons (Fsp3) is 0.500. The standard InChI is InChI=1S/C14H22N2O2/c1-4-9-15-12(14(17)18)10-16(3)13-8-6-5-7-11(13)2/h5-8,12,15H,4,9-10H2,1-3H3,(H,17,18). The van der Waals surface area contributed by atoms with Crippen LogP contribution in [0.4, 0.5) is 5.69 Å². The molecule has 0 aliphatic carbocycles. The molecule has 0 aliphatic rings. The Morgan fingerprint density at radius 3 is 2.67 bits per heavy atom. The second kappa shape index (κ2) is 7.01. The summed E-state index contributed by atoms with van der Waals surface area (Å²) in [6, 6.07) is 7.45. The summed E-state index contributed by atoms with van der Waals surface area (Å²) in [5.41, 5.74) is 2.22. The first-order chi connectivity index (χ1) is 8.56. The van der Waals surface area contributed by atoms with Crippen molar-refractivity contribution in [2.45, 2.75) is 26.3 Å². The highest BCUT2D eigenvalue weighted by atomic mass is 16.4. The number of benzene rings is 1. The molecule has 4 nitrogen and oxygen atoms in total. The highest BCUT2D eigenvalue weighted by molar-refractivity contribution is 5.74. The van der Waals surface area contributed by atoms with Crippen molar-refractivity contribution in [1.29, 1.82) is 0 Å². The zero-order valence-corrected chi connectivity index (χ0v) is 11.3. The smallest absolute Gasteiger partial charge is 0.322 e. The molecular formula is C14H22N2O2. The van der Waals surface area contributed by atoms with E-state index in [4.69, 9.17) is 0 Å². The minimum absolute atomic E-state index is 0.459. The van der Waals surface area contributed by atoms with Crippen molar-refractivity contribution < 1.29 is 9.90 Å². The largest absolute Gasteiger partial charge is 0.480 e. The molecule has 0 saturated heterocycles. The minimum atomic E-state index is -0.802. The summed E-state index contributed by atoms with van der Waals surface area (Å²) in [6.45, 7) is 5.23. The molecule has 18 heavy (non-hydrogen) atoms. The molecule has 1 aromatic rings. The molecule has 1 aromatic carbocycles. The maximum atomic E-state index is 11.2. The molecule has 1 rings (SSSR count). The average Bonchev–Trinajstić information content (AvgIpc) is 2.34. The predicted molar refractivity (Wildman–Crippen MR) is 74.2 cm³/mol. The number of nitrogens with zero attached hydrogens (tertiary/aromatic N) is 1. The van der Waals surface area contributed by atoms with Crippen molar-refractivity contribution in [2.75, 3.05) is 25.0 Å². The van der Waals surface area contributed by atoms with Gasteiger partial charge in [0.1, 0.15) is 6.04 Å². The highest BCUT2D eigenvalue weighted by Gasteiger charge is 2.19. The van der Waals surface area contributed by atoms with E-state index in [1.54, 1.807) is 0 Å². The molecule has 2 N–H and O–H groups in total. The van der Waals surface area contributed by atoms with Crippen LogP contribution in [0.1, 0.15) is 18.9 Å². The molecule has 0 fully saturated rings. The number of aliphatic carboxylic acids is 1. The SMILES string of the molecule is CCCNC(CN(C)c1ccccc1C)C(=O)O. The molecule has 0 aromatic heterocycles. The lowest BCUT2D eigenvalue weighted by Gasteiger charge is -2.25. The molecular weight excluding hydrogens is 228 g/mol. The van der Waals surface area contributed by atoms with Crippen LogP contribution in [0.15, 0.2) is 24.3 Å². The Morgan fingerprint density at radius 1 is 1.44 bits per heavy atom. The zero-order valence-electron chi connectivity index (χ0n) is 11.3. The Labute approximate surface area is 109 Å². The van der Waals surface area contributed by atoms with Gasteiger partial charge in [0.2, 0.25) is 0 Å². The van der Waals surface area contributed by atoms with E-state index >= 15 is 0 Å². The third kappa shape index (κ3) is 4.04. The summed E-state index contributed by atoms with van der Waals surface area (Å²) >= 11 is 0. The number of carboxylic acid groups (broad SMARTS) is 1. The van der Waals surface area contributed by atoms with Crippen molar-refractivity contribution in [2.24, 2.45) is 0 Å². The number of likely N-dealkylation sites (N-methyl/N-ethyl adjacent to an activating group) is 1. The number of hydrogen-bond acceptors (Lipinski definition) is 3. The van der Waals surface area contributed by atoms with Gasteiger partial charge in [0.05, 0.1) is 0 Å². The Morgan fingerprint density at radius 2 is 2.11 bits per heavy atom. The molecule has 4 heteroatoms. The number of nitrogens with one attached hydrogen (secondary N) is 1. The van der Waals surface area contributed by atoms with Crippen molar-refractivity contribution in [3.05, 3.63) is 29.8 Å². The van der Waals surface area contributed by atoms with Crippen LogP contribution in [0.25, 0.3) is 0 Å². The third-order valence-corrected chi connectivity index (χ3v) is 2.92. The van der Waals surface area contributed by atoms with Crippen LogP contribution in [0.5, 0.6) is 0 Å². The maximum Gasteiger partial charge on any atom is 0.322 e. The van der Waals surface area contributed by atoms with Crippen LogP contribution in [-0.2, 0) is 4.79 Å². The number of carboxylic acids is 1. The highest BCUT2D eigenvalue weighted by Crippen LogP contribution is 2.17. The van der Waals surface area contributed by atoms with Gasteiger partial charge in [-0.05, 0) is 31.5 Å². The van der Waals surface area contributed by atoms with Crippen molar-refractivity contribution in [1.82, 2.24) is 5.32 Å². The molecule has 1 atom stereocenters. The zero-order chi connectivity index (χ0) is 13.5. The van der Waals surface area contributed by atoms with E-state index in [9.17, 15) is 9.90 Å². The quantitative estimate of drug-likeness (QED) is 0.776. The summed E-state index contributed by atoms with van der Waals surface area (Å²) in [6.07, 6.45) is 0.928. The van der Waals surface area contributed by atoms with E-state index in [1.807, 2.05) is 50.1 Å². The summed E-state index contributed by atoms with van der Waals surface area (Å²) in [5.74, 6) is -0.802. The van der Waals surface area contributed by atoms with E-state index in [-0.39, 0.29) is 0 Å². The van der Waals surface area contributed by atoms with Gasteiger partial charge in [-0.1, -0.05) is 25.1 Å². The monoisotopic (exact) mass is 250 g/mol. The Hall–Kier alpha value is -1.55. The first kappa shape index (κ1) is 14.5. The van der Waals surface area contributed by atoms with Crippen molar-refractivity contribution in [3.63, 3.8) is 0 Å². The summed E-state index contributed by atoms with van der Waals surface area (Å²) in [5, 5.41) is 12.2. The molecule has 100 valence electrons. The normalized spacial score (nSPS) is 12.2. The van der Waals surface area contributed by atoms with Gasteiger partial charge in [0, 0.05) is 19.3 Å². The number of para-hydroxylation sites is 1. The Kier molecular flexibility index (Phi) is 5.65. The van der Waals surface area contributed by atoms with Gasteiger partial charge in [0.15, 0.2) is 0 Å². The minimum Gasteiger partial charge on any atom is -0.480 e. The predicted octanol–water partition coefficient (Wildman–Crippen LogP) is 1.88. The van der Waals surface area contributed by atoms with Gasteiger partial charge < -0.3 is 15.3 Å². The van der Waals surface area contributed by atoms with Gasteiger partial charge in [-0.15, -0.1) is 0 Å². The van der Waals surface area contributed by atoms with Gasteiger partial charge >= 0.3 is 5.97 Å². The number of carbonyl (C=O) groups is 1. The Bertz CT molecular complexity index is 393. The van der Waals surface area contributed by atoms with Gasteiger partial charge in [-0.3, -0.25) is 4.79 Å². The van der Waals surface area contributed by atoms with Crippen LogP contribution < -0.4 is 10.2 Å². The summed E-state index contributed by atoms with van der Waals surface area (Å²) < 4.78 is 0. The molecule has 0 aliphatic heterocycles. The van der Waals surface area contributed by atoms with Gasteiger partial charge in [0.25, 0.3) is 0 Å². The summed E-state index contributed by atoms with van der Waals surface area (Å²) in [4.78, 5) is 13.2. The molecule has 0 radical (unpaired) electrons. The van der Waals surface area contributed by atoms with Crippen LogP contribution in [0.3, 0.4) is 0 Å². The fourth-order valence-corrected chi connectivity index (χ4v) is 1.91. The molecule has 0 spiro atoms. The van der Waals surface area contributed by atoms with Crippen LogP contribution in [0.2, 0.25) is 0 Å². The number of anilines is 1. The van der Waals surface area contributed by atoms with Gasteiger partial charge in [-0.2, -0.15) is 0 Å². The van der Waals surface area contributed by atoms with Crippen LogP contribution in [0, 0.1) is 6.92 Å². The van der Waals surface area contributed by atoms with E-state index in [0.29, 0.717) is 6.54 Å². The Balaban J connectivity index is 2.69. The lowest BCUT2D eigenvalue weighted by Crippen LogP contribution is -2.45. The van der Waals surface area contributed by atoms with E-state index in [2.05, 4.69) is 5.32 Å². The lowest BCUT2D eigenvalue weighted by atomic mass is 10.1. The van der Waals surface area contributed by atoms with Crippen molar-refractivity contribution in [3.8, 4) is 0 Å².